The molecule has 21 heavy (non-hydrogen) atoms. The molecule has 0 bridgehead atoms. The van der Waals surface area contributed by atoms with Crippen molar-refractivity contribution >= 4 is 12.4 Å². The minimum atomic E-state index is -0.680. The van der Waals surface area contributed by atoms with E-state index < -0.39 is 17.5 Å². The molecule has 0 aromatic heterocycles. The van der Waals surface area contributed by atoms with Gasteiger partial charge < -0.3 is 10.2 Å². The molecule has 1 atom stereocenters. The second kappa shape index (κ2) is 4.93. The Kier molecular flexibility index (Phi) is 2.19. The van der Waals surface area contributed by atoms with Crippen LogP contribution in [0, 0.1) is 0 Å². The zero-order valence-corrected chi connectivity index (χ0v) is 12.3. The normalized spacial score (nSPS) is 22.7. The van der Waals surface area contributed by atoms with Gasteiger partial charge in [0.25, 0.3) is 0 Å². The molecule has 4 rings (SSSR count). The topological polar surface area (TPSA) is 43.7 Å². The van der Waals surface area contributed by atoms with Crippen LogP contribution in [0.4, 0.5) is 0 Å². The van der Waals surface area contributed by atoms with Gasteiger partial charge in [0.1, 0.15) is 0 Å². The van der Waals surface area contributed by atoms with Gasteiger partial charge in [-0.2, -0.15) is 0 Å². The molecule has 1 heterocycles. The fourth-order valence-corrected chi connectivity index (χ4v) is 3.27. The smallest absolute Gasteiger partial charge is 0.165 e. The average Bonchev–Trinajstić information content (AvgIpc) is 2.60. The van der Waals surface area contributed by atoms with E-state index in [0.717, 1.165) is 5.56 Å². The molecular weight excluding hydrogens is 286 g/mol. The van der Waals surface area contributed by atoms with Crippen LogP contribution in [0.15, 0.2) is 30.2 Å². The number of phenolic OH excluding ortho intramolecular Hbond substituents is 2. The van der Waals surface area contributed by atoms with Gasteiger partial charge in [-0.15, -0.1) is 12.4 Å². The van der Waals surface area contributed by atoms with Crippen LogP contribution in [-0.4, -0.2) is 28.7 Å². The summed E-state index contributed by atoms with van der Waals surface area (Å²) in [7, 11) is 1.93. The number of hydrogen-bond acceptors (Lipinski definition) is 3. The van der Waals surface area contributed by atoms with E-state index in [1.807, 2.05) is 7.05 Å². The number of fused-ring (bicyclic) bond motifs is 2. The van der Waals surface area contributed by atoms with Gasteiger partial charge in [-0.25, -0.2) is 0 Å². The first-order chi connectivity index (χ1) is 11.8. The molecule has 1 aliphatic heterocycles. The van der Waals surface area contributed by atoms with Crippen molar-refractivity contribution in [1.29, 1.82) is 0 Å². The molecular formula is C17H18ClNO2. The first kappa shape index (κ1) is 9.34. The van der Waals surface area contributed by atoms with Crippen molar-refractivity contribution in [2.24, 2.45) is 0 Å². The third-order valence-electron chi connectivity index (χ3n) is 4.32. The van der Waals surface area contributed by atoms with Crippen molar-refractivity contribution in [1.82, 2.24) is 4.90 Å². The minimum absolute atomic E-state index is 0. The molecule has 0 unspecified atom stereocenters. The van der Waals surface area contributed by atoms with Crippen molar-refractivity contribution in [3.05, 3.63) is 46.9 Å². The molecule has 0 saturated heterocycles. The third kappa shape index (κ3) is 1.92. The number of aromatic hydroxyl groups is 2. The fourth-order valence-electron chi connectivity index (χ4n) is 3.27. The Hall–Kier alpha value is -1.71. The predicted molar refractivity (Wildman–Crippen MR) is 85.2 cm³/mol. The number of hydrogen-bond donors (Lipinski definition) is 2. The maximum Gasteiger partial charge on any atom is 0.165 e. The van der Waals surface area contributed by atoms with Crippen molar-refractivity contribution in [2.45, 2.75) is 18.9 Å². The van der Waals surface area contributed by atoms with Crippen LogP contribution in [0.2, 0.25) is 0 Å². The summed E-state index contributed by atoms with van der Waals surface area (Å²) < 4.78 is 40.7. The second-order valence-corrected chi connectivity index (χ2v) is 5.39. The van der Waals surface area contributed by atoms with E-state index in [1.54, 1.807) is 0 Å². The van der Waals surface area contributed by atoms with E-state index in [1.165, 1.54) is 0 Å². The Bertz CT molecular complexity index is 950. The van der Waals surface area contributed by atoms with Crippen LogP contribution in [0.1, 0.15) is 29.6 Å². The van der Waals surface area contributed by atoms with Gasteiger partial charge in [-0.3, -0.25) is 4.90 Å². The van der Waals surface area contributed by atoms with Crippen LogP contribution in [0.5, 0.6) is 11.5 Å². The number of rotatable bonds is 0. The first-order valence-corrected chi connectivity index (χ1v) is 6.62. The van der Waals surface area contributed by atoms with Gasteiger partial charge in [0.2, 0.25) is 0 Å². The molecule has 110 valence electrons. The Balaban J connectivity index is 0.00000196. The van der Waals surface area contributed by atoms with Crippen LogP contribution in [-0.2, 0) is 12.8 Å². The summed E-state index contributed by atoms with van der Waals surface area (Å²) in [4.78, 5) is 2.07. The largest absolute Gasteiger partial charge is 0.504 e. The van der Waals surface area contributed by atoms with Gasteiger partial charge in [-0.1, -0.05) is 24.2 Å². The SMILES string of the molecule is Cl.[2H]c1c([2H])c2c3c(c1[2H])-c1c(O)c(O)c([2H])c([2H])c1C[C@H]3N(C)CC2. The van der Waals surface area contributed by atoms with E-state index in [9.17, 15) is 10.2 Å². The highest BCUT2D eigenvalue weighted by atomic mass is 35.5. The summed E-state index contributed by atoms with van der Waals surface area (Å²) in [6.07, 6.45) is 0.938. The fraction of sp³-hybridized carbons (Fsp3) is 0.294. The third-order valence-corrected chi connectivity index (χ3v) is 4.32. The molecule has 1 aliphatic carbocycles. The number of likely N-dealkylation sites (N-methyl/N-ethyl adjacent to an activating group) is 1. The van der Waals surface area contributed by atoms with Crippen LogP contribution in [0.3, 0.4) is 0 Å². The summed E-state index contributed by atoms with van der Waals surface area (Å²) in [6, 6.07) is -1.14. The molecule has 0 radical (unpaired) electrons. The highest BCUT2D eigenvalue weighted by Crippen LogP contribution is 2.49. The number of phenols is 2. The Labute approximate surface area is 137 Å². The molecule has 2 aliphatic rings. The highest BCUT2D eigenvalue weighted by molar-refractivity contribution is 5.85. The van der Waals surface area contributed by atoms with Gasteiger partial charge in [0.05, 0.1) is 6.85 Å². The lowest BCUT2D eigenvalue weighted by Crippen LogP contribution is -2.35. The predicted octanol–water partition coefficient (Wildman–Crippen LogP) is 3.27. The number of benzene rings is 2. The lowest BCUT2D eigenvalue weighted by atomic mass is 9.77. The molecule has 0 amide bonds. The molecule has 2 aromatic carbocycles. The summed E-state index contributed by atoms with van der Waals surface area (Å²) in [6.45, 7) is 0.695. The number of nitrogens with zero attached hydrogens (tertiary/aromatic N) is 1. The first-order valence-electron chi connectivity index (χ1n) is 9.12. The standard InChI is InChI=1S/C17H17NO2.ClH/c1-18-8-7-10-3-2-4-12-15(10)13(18)9-11-5-6-14(19)17(20)16(11)12;/h2-6,13,19-20H,7-9H2,1H3;1H/t13-;/m1./s1/i2D,3D,4D,5D,6D;. The molecule has 2 N–H and O–H groups in total. The number of halogens is 1. The summed E-state index contributed by atoms with van der Waals surface area (Å²) >= 11 is 0. The van der Waals surface area contributed by atoms with Crippen LogP contribution >= 0.6 is 12.4 Å². The summed E-state index contributed by atoms with van der Waals surface area (Å²) in [5.74, 6) is -1.20. The van der Waals surface area contributed by atoms with Gasteiger partial charge in [0, 0.05) is 18.2 Å². The molecule has 3 nitrogen and oxygen atoms in total. The van der Waals surface area contributed by atoms with Crippen LogP contribution < -0.4 is 0 Å². The van der Waals surface area contributed by atoms with E-state index in [0.29, 0.717) is 36.1 Å². The van der Waals surface area contributed by atoms with E-state index >= 15 is 0 Å². The zero-order valence-electron chi connectivity index (χ0n) is 16.4. The summed E-state index contributed by atoms with van der Waals surface area (Å²) in [5, 5.41) is 20.5. The molecule has 2 aromatic rings. The minimum Gasteiger partial charge on any atom is -0.504 e. The van der Waals surface area contributed by atoms with Crippen molar-refractivity contribution in [2.75, 3.05) is 13.6 Å². The zero-order chi connectivity index (χ0) is 18.2. The van der Waals surface area contributed by atoms with Crippen molar-refractivity contribution < 1.29 is 17.1 Å². The summed E-state index contributed by atoms with van der Waals surface area (Å²) in [5.41, 5.74) is 2.32. The van der Waals surface area contributed by atoms with E-state index in [-0.39, 0.29) is 48.2 Å². The monoisotopic (exact) mass is 308 g/mol. The molecule has 0 spiro atoms. The van der Waals surface area contributed by atoms with Crippen LogP contribution in [0.25, 0.3) is 11.1 Å². The molecule has 4 heteroatoms. The Morgan fingerprint density at radius 3 is 2.81 bits per heavy atom. The average molecular weight is 309 g/mol. The van der Waals surface area contributed by atoms with E-state index in [4.69, 9.17) is 6.85 Å². The molecule has 0 saturated carbocycles. The maximum absolute atomic E-state index is 10.5. The second-order valence-electron chi connectivity index (χ2n) is 5.39. The lowest BCUT2D eigenvalue weighted by Gasteiger charge is -2.39. The molecule has 0 fully saturated rings. The lowest BCUT2D eigenvalue weighted by molar-refractivity contribution is 0.228. The Morgan fingerprint density at radius 2 is 2.00 bits per heavy atom. The highest BCUT2D eigenvalue weighted by Gasteiger charge is 2.33. The van der Waals surface area contributed by atoms with Gasteiger partial charge >= 0.3 is 0 Å². The van der Waals surface area contributed by atoms with E-state index in [2.05, 4.69) is 4.90 Å². The van der Waals surface area contributed by atoms with Gasteiger partial charge in [0.15, 0.2) is 11.5 Å². The van der Waals surface area contributed by atoms with Crippen molar-refractivity contribution in [3.63, 3.8) is 0 Å². The Morgan fingerprint density at radius 1 is 1.19 bits per heavy atom. The quantitative estimate of drug-likeness (QED) is 0.734. The van der Waals surface area contributed by atoms with Gasteiger partial charge in [-0.05, 0) is 48.2 Å². The van der Waals surface area contributed by atoms with Crippen molar-refractivity contribution in [3.8, 4) is 22.6 Å². The maximum atomic E-state index is 10.5.